The molecule has 0 atom stereocenters. The summed E-state index contributed by atoms with van der Waals surface area (Å²) in [6, 6.07) is 14.3. The number of ether oxygens (including phenoxy) is 1. The fraction of sp³-hybridized carbons (Fsp3) is 0.0714. The predicted octanol–water partition coefficient (Wildman–Crippen LogP) is 3.62. The number of carbonyl (C=O) groups is 1. The van der Waals surface area contributed by atoms with Gasteiger partial charge < -0.3 is 9.84 Å². The Bertz CT molecular complexity index is 552. The number of hydrogen-bond donors (Lipinski definition) is 1. The highest BCUT2D eigenvalue weighted by molar-refractivity contribution is 6.33. The van der Waals surface area contributed by atoms with E-state index < -0.39 is 5.97 Å². The predicted molar refractivity (Wildman–Crippen MR) is 69.2 cm³/mol. The van der Waals surface area contributed by atoms with Crippen molar-refractivity contribution in [2.75, 3.05) is 0 Å². The summed E-state index contributed by atoms with van der Waals surface area (Å²) >= 11 is 5.85. The van der Waals surface area contributed by atoms with Crippen LogP contribution in [-0.2, 0) is 6.61 Å². The van der Waals surface area contributed by atoms with E-state index in [9.17, 15) is 4.79 Å². The third-order valence-corrected chi connectivity index (χ3v) is 2.74. The Hall–Kier alpha value is -2.00. The lowest BCUT2D eigenvalue weighted by Gasteiger charge is -2.10. The number of carboxylic acid groups (broad SMARTS) is 1. The van der Waals surface area contributed by atoms with E-state index in [1.807, 2.05) is 30.3 Å². The van der Waals surface area contributed by atoms with E-state index in [1.165, 1.54) is 6.07 Å². The van der Waals surface area contributed by atoms with Gasteiger partial charge in [0, 0.05) is 0 Å². The van der Waals surface area contributed by atoms with Gasteiger partial charge in [0.05, 0.1) is 5.02 Å². The van der Waals surface area contributed by atoms with Crippen molar-refractivity contribution in [3.05, 3.63) is 64.7 Å². The second kappa shape index (κ2) is 5.56. The molecule has 0 saturated heterocycles. The first-order valence-electron chi connectivity index (χ1n) is 5.37. The number of halogens is 1. The number of carboxylic acids is 1. The zero-order chi connectivity index (χ0) is 13.0. The normalized spacial score (nSPS) is 10.1. The van der Waals surface area contributed by atoms with Crippen LogP contribution in [0.1, 0.15) is 15.9 Å². The molecule has 0 aliphatic heterocycles. The van der Waals surface area contributed by atoms with Gasteiger partial charge in [-0.1, -0.05) is 48.0 Å². The molecule has 4 heteroatoms. The van der Waals surface area contributed by atoms with Crippen LogP contribution in [0.15, 0.2) is 48.5 Å². The summed E-state index contributed by atoms with van der Waals surface area (Å²) < 4.78 is 5.50. The summed E-state index contributed by atoms with van der Waals surface area (Å²) in [5.74, 6) is -0.817. The number of aromatic carboxylic acids is 1. The molecular weight excluding hydrogens is 252 g/mol. The zero-order valence-electron chi connectivity index (χ0n) is 9.47. The van der Waals surface area contributed by atoms with Gasteiger partial charge in [-0.2, -0.15) is 0 Å². The molecule has 2 rings (SSSR count). The molecule has 18 heavy (non-hydrogen) atoms. The van der Waals surface area contributed by atoms with Gasteiger partial charge in [-0.15, -0.1) is 0 Å². The van der Waals surface area contributed by atoms with Gasteiger partial charge in [0.25, 0.3) is 0 Å². The molecule has 3 nitrogen and oxygen atoms in total. The van der Waals surface area contributed by atoms with Crippen molar-refractivity contribution in [1.29, 1.82) is 0 Å². The van der Waals surface area contributed by atoms with Crippen LogP contribution in [0.2, 0.25) is 5.02 Å². The van der Waals surface area contributed by atoms with E-state index in [4.69, 9.17) is 21.4 Å². The minimum Gasteiger partial charge on any atom is -0.488 e. The Labute approximate surface area is 110 Å². The molecule has 0 spiro atoms. The van der Waals surface area contributed by atoms with Gasteiger partial charge in [-0.25, -0.2) is 4.79 Å². The Kier molecular flexibility index (Phi) is 3.85. The van der Waals surface area contributed by atoms with Gasteiger partial charge in [0.15, 0.2) is 0 Å². The van der Waals surface area contributed by atoms with E-state index in [0.29, 0.717) is 6.61 Å². The quantitative estimate of drug-likeness (QED) is 0.915. The molecule has 0 saturated carbocycles. The number of hydrogen-bond acceptors (Lipinski definition) is 2. The molecule has 2 aromatic carbocycles. The lowest BCUT2D eigenvalue weighted by atomic mass is 10.2. The largest absolute Gasteiger partial charge is 0.488 e. The van der Waals surface area contributed by atoms with Crippen molar-refractivity contribution >= 4 is 17.6 Å². The highest BCUT2D eigenvalue weighted by Gasteiger charge is 2.15. The van der Waals surface area contributed by atoms with Crippen molar-refractivity contribution in [2.24, 2.45) is 0 Å². The van der Waals surface area contributed by atoms with Crippen LogP contribution < -0.4 is 4.74 Å². The first-order chi connectivity index (χ1) is 8.68. The van der Waals surface area contributed by atoms with E-state index >= 15 is 0 Å². The van der Waals surface area contributed by atoms with Crippen LogP contribution in [0.5, 0.6) is 5.75 Å². The van der Waals surface area contributed by atoms with Crippen LogP contribution in [0.4, 0.5) is 0 Å². The maximum absolute atomic E-state index is 11.1. The van der Waals surface area contributed by atoms with E-state index in [1.54, 1.807) is 12.1 Å². The van der Waals surface area contributed by atoms with Crippen molar-refractivity contribution in [1.82, 2.24) is 0 Å². The number of rotatable bonds is 4. The summed E-state index contributed by atoms with van der Waals surface area (Å²) in [4.78, 5) is 11.1. The fourth-order valence-electron chi connectivity index (χ4n) is 1.57. The molecule has 0 aromatic heterocycles. The molecule has 1 N–H and O–H groups in total. The Morgan fingerprint density at radius 1 is 1.11 bits per heavy atom. The molecule has 0 aliphatic carbocycles. The Morgan fingerprint density at radius 3 is 2.50 bits per heavy atom. The maximum atomic E-state index is 11.1. The summed E-state index contributed by atoms with van der Waals surface area (Å²) in [7, 11) is 0. The summed E-state index contributed by atoms with van der Waals surface area (Å²) in [5.41, 5.74) is 0.962. The van der Waals surface area contributed by atoms with Crippen molar-refractivity contribution in [3.8, 4) is 5.75 Å². The first kappa shape index (κ1) is 12.5. The van der Waals surface area contributed by atoms with Crippen LogP contribution in [0, 0.1) is 0 Å². The van der Waals surface area contributed by atoms with Crippen LogP contribution in [-0.4, -0.2) is 11.1 Å². The van der Waals surface area contributed by atoms with Crippen molar-refractivity contribution in [2.45, 2.75) is 6.61 Å². The highest BCUT2D eigenvalue weighted by Crippen LogP contribution is 2.27. The minimum absolute atomic E-state index is 0.00454. The van der Waals surface area contributed by atoms with Crippen LogP contribution >= 0.6 is 11.6 Å². The average molecular weight is 263 g/mol. The lowest BCUT2D eigenvalue weighted by molar-refractivity contribution is 0.0692. The van der Waals surface area contributed by atoms with Gasteiger partial charge in [-0.3, -0.25) is 0 Å². The number of benzene rings is 2. The molecule has 0 heterocycles. The molecule has 92 valence electrons. The molecule has 0 fully saturated rings. The van der Waals surface area contributed by atoms with Gasteiger partial charge in [0.1, 0.15) is 17.9 Å². The van der Waals surface area contributed by atoms with Gasteiger partial charge in [0.2, 0.25) is 0 Å². The van der Waals surface area contributed by atoms with Crippen molar-refractivity contribution in [3.63, 3.8) is 0 Å². The van der Waals surface area contributed by atoms with Gasteiger partial charge in [-0.05, 0) is 17.7 Å². The molecule has 0 amide bonds. The summed E-state index contributed by atoms with van der Waals surface area (Å²) in [6.07, 6.45) is 0. The molecule has 2 aromatic rings. The molecular formula is C14H11ClO3. The SMILES string of the molecule is O=C(O)c1c(Cl)cccc1OCc1ccccc1. The standard InChI is InChI=1S/C14H11ClO3/c15-11-7-4-8-12(13(11)14(16)17)18-9-10-5-2-1-3-6-10/h1-8H,9H2,(H,16,17). The fourth-order valence-corrected chi connectivity index (χ4v) is 1.81. The average Bonchev–Trinajstić information content (AvgIpc) is 2.37. The molecule has 0 aliphatic rings. The second-order valence-electron chi connectivity index (χ2n) is 3.69. The van der Waals surface area contributed by atoms with Gasteiger partial charge >= 0.3 is 5.97 Å². The van der Waals surface area contributed by atoms with E-state index in [2.05, 4.69) is 0 Å². The monoisotopic (exact) mass is 262 g/mol. The lowest BCUT2D eigenvalue weighted by Crippen LogP contribution is -2.04. The second-order valence-corrected chi connectivity index (χ2v) is 4.10. The third kappa shape index (κ3) is 2.81. The summed E-state index contributed by atoms with van der Waals surface area (Å²) in [5, 5.41) is 9.25. The maximum Gasteiger partial charge on any atom is 0.341 e. The van der Waals surface area contributed by atoms with Crippen LogP contribution in [0.25, 0.3) is 0 Å². The highest BCUT2D eigenvalue weighted by atomic mass is 35.5. The zero-order valence-corrected chi connectivity index (χ0v) is 10.2. The minimum atomic E-state index is -1.09. The first-order valence-corrected chi connectivity index (χ1v) is 5.75. The van der Waals surface area contributed by atoms with E-state index in [-0.39, 0.29) is 16.3 Å². The molecule has 0 bridgehead atoms. The molecule has 0 unspecified atom stereocenters. The van der Waals surface area contributed by atoms with Crippen molar-refractivity contribution < 1.29 is 14.6 Å². The third-order valence-electron chi connectivity index (χ3n) is 2.43. The Morgan fingerprint density at radius 2 is 1.83 bits per heavy atom. The topological polar surface area (TPSA) is 46.5 Å². The van der Waals surface area contributed by atoms with E-state index in [0.717, 1.165) is 5.56 Å². The summed E-state index contributed by atoms with van der Waals surface area (Å²) in [6.45, 7) is 0.307. The van der Waals surface area contributed by atoms with Crippen LogP contribution in [0.3, 0.4) is 0 Å². The Balaban J connectivity index is 2.20. The smallest absolute Gasteiger partial charge is 0.341 e. The molecule has 0 radical (unpaired) electrons.